The molecule has 0 bridgehead atoms. The van der Waals surface area contributed by atoms with E-state index in [9.17, 15) is 13.2 Å². The minimum atomic E-state index is -3.01. The summed E-state index contributed by atoms with van der Waals surface area (Å²) in [6, 6.07) is 24.9. The Labute approximate surface area is 177 Å². The molecular weight excluding hydrogens is 426 g/mol. The van der Waals surface area contributed by atoms with Crippen molar-refractivity contribution in [1.29, 1.82) is 0 Å². The zero-order valence-corrected chi connectivity index (χ0v) is 17.3. The van der Waals surface area contributed by atoms with Crippen LogP contribution in [0.3, 0.4) is 0 Å². The van der Waals surface area contributed by atoms with E-state index in [1.165, 1.54) is 36.4 Å². The summed E-state index contributed by atoms with van der Waals surface area (Å²) < 4.78 is 47.9. The lowest BCUT2D eigenvalue weighted by Crippen LogP contribution is -2.26. The third-order valence-electron chi connectivity index (χ3n) is 4.64. The molecule has 0 aliphatic rings. The second-order valence-corrected chi connectivity index (χ2v) is 10.1. The fourth-order valence-corrected chi connectivity index (χ4v) is 7.02. The average molecular weight is 442 g/mol. The van der Waals surface area contributed by atoms with Crippen LogP contribution in [0.25, 0.3) is 0 Å². The predicted octanol–water partition coefficient (Wildman–Crippen LogP) is 6.57. The SMILES string of the molecule is Fc1cccc(P(=Nc2ccc(Cl)cc2)(c2cccc(F)c2)c2cccc(F)c2)c1. The molecular formula is C24H16ClF3NP. The molecule has 0 spiro atoms. The first-order valence-corrected chi connectivity index (χ1v) is 11.3. The van der Waals surface area contributed by atoms with Gasteiger partial charge in [-0.1, -0.05) is 48.0 Å². The highest BCUT2D eigenvalue weighted by molar-refractivity contribution is 7.87. The van der Waals surface area contributed by atoms with Crippen LogP contribution in [-0.4, -0.2) is 0 Å². The molecule has 0 unspecified atom stereocenters. The highest BCUT2D eigenvalue weighted by Gasteiger charge is 2.29. The maximum Gasteiger partial charge on any atom is 0.123 e. The van der Waals surface area contributed by atoms with Crippen LogP contribution >= 0.6 is 18.7 Å². The molecule has 6 heteroatoms. The molecule has 0 N–H and O–H groups in total. The highest BCUT2D eigenvalue weighted by atomic mass is 35.5. The molecule has 150 valence electrons. The van der Waals surface area contributed by atoms with E-state index in [1.807, 2.05) is 0 Å². The molecule has 0 saturated carbocycles. The smallest absolute Gasteiger partial charge is 0.123 e. The first-order valence-electron chi connectivity index (χ1n) is 9.14. The summed E-state index contributed by atoms with van der Waals surface area (Å²) in [5.41, 5.74) is 0.575. The minimum Gasteiger partial charge on any atom is -0.254 e. The number of rotatable bonds is 4. The van der Waals surface area contributed by atoms with E-state index < -0.39 is 24.5 Å². The fourth-order valence-electron chi connectivity index (χ4n) is 3.33. The summed E-state index contributed by atoms with van der Waals surface area (Å²) in [6.07, 6.45) is 0. The van der Waals surface area contributed by atoms with Crippen molar-refractivity contribution in [2.24, 2.45) is 4.74 Å². The van der Waals surface area contributed by atoms with E-state index in [2.05, 4.69) is 0 Å². The van der Waals surface area contributed by atoms with Crippen LogP contribution in [-0.2, 0) is 0 Å². The van der Waals surface area contributed by atoms with Gasteiger partial charge in [0.25, 0.3) is 0 Å². The normalized spacial score (nSPS) is 11.3. The van der Waals surface area contributed by atoms with Crippen molar-refractivity contribution in [3.8, 4) is 0 Å². The Balaban J connectivity index is 2.17. The van der Waals surface area contributed by atoms with Gasteiger partial charge in [-0.25, -0.2) is 13.2 Å². The van der Waals surface area contributed by atoms with Gasteiger partial charge < -0.3 is 0 Å². The maximum absolute atomic E-state index is 14.3. The van der Waals surface area contributed by atoms with Crippen LogP contribution in [0, 0.1) is 17.5 Å². The summed E-state index contributed by atoms with van der Waals surface area (Å²) in [5.74, 6) is -1.34. The van der Waals surface area contributed by atoms with E-state index in [-0.39, 0.29) is 0 Å². The van der Waals surface area contributed by atoms with Crippen molar-refractivity contribution >= 4 is 40.3 Å². The lowest BCUT2D eigenvalue weighted by Gasteiger charge is -2.27. The summed E-state index contributed by atoms with van der Waals surface area (Å²) >= 11 is 6.01. The van der Waals surface area contributed by atoms with E-state index in [0.29, 0.717) is 26.6 Å². The van der Waals surface area contributed by atoms with Gasteiger partial charge >= 0.3 is 0 Å². The summed E-state index contributed by atoms with van der Waals surface area (Å²) in [4.78, 5) is 0. The highest BCUT2D eigenvalue weighted by Crippen LogP contribution is 2.49. The third kappa shape index (κ3) is 4.07. The van der Waals surface area contributed by atoms with Crippen LogP contribution in [0.5, 0.6) is 0 Å². The number of nitrogens with zero attached hydrogens (tertiary/aromatic N) is 1. The fraction of sp³-hybridized carbons (Fsp3) is 0. The van der Waals surface area contributed by atoms with Gasteiger partial charge in [0.2, 0.25) is 0 Å². The van der Waals surface area contributed by atoms with Crippen molar-refractivity contribution in [2.75, 3.05) is 0 Å². The Hall–Kier alpha value is -2.81. The number of hydrogen-bond acceptors (Lipinski definition) is 1. The van der Waals surface area contributed by atoms with E-state index in [0.717, 1.165) is 0 Å². The molecule has 0 aliphatic carbocycles. The molecule has 30 heavy (non-hydrogen) atoms. The number of halogens is 4. The molecule has 1 nitrogen and oxygen atoms in total. The molecule has 4 aromatic carbocycles. The monoisotopic (exact) mass is 441 g/mol. The topological polar surface area (TPSA) is 12.4 Å². The Morgan fingerprint density at radius 2 is 0.967 bits per heavy atom. The van der Waals surface area contributed by atoms with Gasteiger partial charge in [-0.15, -0.1) is 0 Å². The zero-order chi connectivity index (χ0) is 21.1. The molecule has 4 aromatic rings. The van der Waals surface area contributed by atoms with Crippen molar-refractivity contribution in [2.45, 2.75) is 0 Å². The van der Waals surface area contributed by atoms with Gasteiger partial charge in [-0.3, -0.25) is 4.74 Å². The molecule has 0 heterocycles. The second-order valence-electron chi connectivity index (χ2n) is 6.65. The van der Waals surface area contributed by atoms with Gasteiger partial charge in [0.05, 0.1) is 12.7 Å². The summed E-state index contributed by atoms with van der Waals surface area (Å²) in [7, 11) is -3.01. The van der Waals surface area contributed by atoms with E-state index in [1.54, 1.807) is 60.7 Å². The minimum absolute atomic E-state index is 0.448. The Morgan fingerprint density at radius 1 is 0.567 bits per heavy atom. The van der Waals surface area contributed by atoms with Crippen LogP contribution in [0.4, 0.5) is 18.9 Å². The van der Waals surface area contributed by atoms with Crippen LogP contribution in [0.1, 0.15) is 0 Å². The van der Waals surface area contributed by atoms with Crippen LogP contribution < -0.4 is 15.9 Å². The predicted molar refractivity (Wildman–Crippen MR) is 119 cm³/mol. The van der Waals surface area contributed by atoms with Gasteiger partial charge in [-0.2, -0.15) is 0 Å². The molecule has 0 aromatic heterocycles. The molecule has 0 radical (unpaired) electrons. The molecule has 4 rings (SSSR count). The van der Waals surface area contributed by atoms with Gasteiger partial charge in [0, 0.05) is 20.9 Å². The van der Waals surface area contributed by atoms with E-state index >= 15 is 0 Å². The third-order valence-corrected chi connectivity index (χ3v) is 8.50. The average Bonchev–Trinajstić information content (AvgIpc) is 2.73. The van der Waals surface area contributed by atoms with Crippen molar-refractivity contribution < 1.29 is 13.2 Å². The first kappa shape index (κ1) is 20.5. The number of benzene rings is 4. The van der Waals surface area contributed by atoms with Crippen LogP contribution in [0.2, 0.25) is 5.02 Å². The van der Waals surface area contributed by atoms with Gasteiger partial charge in [-0.05, 0) is 60.7 Å². The van der Waals surface area contributed by atoms with Crippen molar-refractivity contribution in [3.05, 3.63) is 120 Å². The van der Waals surface area contributed by atoms with Gasteiger partial charge in [0.1, 0.15) is 17.5 Å². The standard InChI is InChI=1S/C24H16ClF3NP/c25-17-10-12-21(13-11-17)29-30(22-7-1-4-18(26)14-22,23-8-2-5-19(27)15-23)24-9-3-6-20(28)16-24/h1-16H. The lowest BCUT2D eigenvalue weighted by molar-refractivity contribution is 0.629. The lowest BCUT2D eigenvalue weighted by atomic mass is 10.3. The Bertz CT molecular complexity index is 1140. The first-order chi connectivity index (χ1) is 14.5. The molecule has 0 amide bonds. The van der Waals surface area contributed by atoms with Crippen LogP contribution in [0.15, 0.2) is 102 Å². The summed E-state index contributed by atoms with van der Waals surface area (Å²) in [6.45, 7) is 0. The second kappa shape index (κ2) is 8.51. The Morgan fingerprint density at radius 3 is 1.33 bits per heavy atom. The summed E-state index contributed by atoms with van der Waals surface area (Å²) in [5, 5.41) is 2.19. The number of hydrogen-bond donors (Lipinski definition) is 0. The molecule has 0 atom stereocenters. The van der Waals surface area contributed by atoms with E-state index in [4.69, 9.17) is 16.3 Å². The Kier molecular flexibility index (Phi) is 5.80. The van der Waals surface area contributed by atoms with Crippen molar-refractivity contribution in [3.63, 3.8) is 0 Å². The van der Waals surface area contributed by atoms with Crippen molar-refractivity contribution in [1.82, 2.24) is 0 Å². The van der Waals surface area contributed by atoms with Gasteiger partial charge in [0.15, 0.2) is 0 Å². The maximum atomic E-state index is 14.3. The molecule has 0 fully saturated rings. The largest absolute Gasteiger partial charge is 0.254 e. The quantitative estimate of drug-likeness (QED) is 0.318. The molecule has 0 saturated heterocycles. The zero-order valence-electron chi connectivity index (χ0n) is 15.6. The molecule has 0 aliphatic heterocycles.